The first-order valence-electron chi connectivity index (χ1n) is 24.6. The van der Waals surface area contributed by atoms with Crippen molar-refractivity contribution in [3.8, 4) is 0 Å². The highest BCUT2D eigenvalue weighted by Crippen LogP contribution is 2.48. The first kappa shape index (κ1) is 48.7. The van der Waals surface area contributed by atoms with Crippen LogP contribution in [0.4, 0.5) is 0 Å². The highest BCUT2D eigenvalue weighted by Gasteiger charge is 2.48. The molecule has 0 amide bonds. The number of nitrogens with one attached hydrogen (secondary N) is 4. The topological polar surface area (TPSA) is 129 Å². The quantitative estimate of drug-likeness (QED) is 0.0623. The molecule has 1 aliphatic carbocycles. The molecule has 64 heavy (non-hydrogen) atoms. The van der Waals surface area contributed by atoms with Gasteiger partial charge in [0.2, 0.25) is 0 Å². The van der Waals surface area contributed by atoms with E-state index in [1.165, 1.54) is 64.0 Å². The molecule has 0 spiro atoms. The number of Topliss-reactive ketones (excluding diaryl/α,β-unsaturated/α-hetero) is 1. The highest BCUT2D eigenvalue weighted by molar-refractivity contribution is 6.24. The minimum absolute atomic E-state index is 0.0757. The lowest BCUT2D eigenvalue weighted by atomic mass is 9.85. The van der Waals surface area contributed by atoms with Crippen molar-refractivity contribution in [1.82, 2.24) is 20.3 Å². The van der Waals surface area contributed by atoms with Crippen molar-refractivity contribution >= 4 is 47.6 Å². The molecule has 5 heterocycles. The number of methoxy groups -OCH3 is 1. The van der Waals surface area contributed by atoms with Gasteiger partial charge in [-0.3, -0.25) is 14.4 Å². The predicted molar refractivity (Wildman–Crippen MR) is 262 cm³/mol. The maximum atomic E-state index is 14.4. The maximum Gasteiger partial charge on any atom is 0.321 e. The first-order valence-corrected chi connectivity index (χ1v) is 24.6. The Morgan fingerprint density at radius 3 is 2.00 bits per heavy atom. The number of rotatable bonds is 21. The second kappa shape index (κ2) is 21.5. The molecule has 2 aliphatic heterocycles. The molecule has 3 aromatic rings. The van der Waals surface area contributed by atoms with Crippen molar-refractivity contribution in [2.45, 2.75) is 153 Å². The number of hydrogen-bond acceptors (Lipinski definition) is 6. The van der Waals surface area contributed by atoms with Crippen LogP contribution in [-0.4, -0.2) is 46.4 Å². The smallest absolute Gasteiger partial charge is 0.321 e. The Morgan fingerprint density at radius 1 is 0.781 bits per heavy atom. The summed E-state index contributed by atoms with van der Waals surface area (Å²) in [6, 6.07) is 0. The van der Waals surface area contributed by atoms with Crippen LogP contribution < -0.4 is 16.0 Å². The number of fused-ring (bicyclic) bond motifs is 7. The molecule has 4 N–H and O–H groups in total. The Hall–Kier alpha value is -4.79. The molecule has 9 heteroatoms. The first-order chi connectivity index (χ1) is 30.6. The van der Waals surface area contributed by atoms with Crippen molar-refractivity contribution in [3.63, 3.8) is 0 Å². The second-order valence-corrected chi connectivity index (χ2v) is 20.1. The van der Waals surface area contributed by atoms with Crippen molar-refractivity contribution in [2.24, 2.45) is 41.4 Å². The van der Waals surface area contributed by atoms with Crippen LogP contribution in [0.15, 0.2) is 18.0 Å². The van der Waals surface area contributed by atoms with Crippen LogP contribution in [0, 0.1) is 62.2 Å². The van der Waals surface area contributed by atoms with E-state index in [-0.39, 0.29) is 30.0 Å². The van der Waals surface area contributed by atoms with Crippen molar-refractivity contribution < 1.29 is 23.9 Å². The lowest BCUT2D eigenvalue weighted by Crippen LogP contribution is -2.25. The van der Waals surface area contributed by atoms with Gasteiger partial charge in [-0.15, -0.1) is 0 Å². The lowest BCUT2D eigenvalue weighted by Gasteiger charge is -2.20. The Morgan fingerprint density at radius 2 is 1.39 bits per heavy atom. The van der Waals surface area contributed by atoms with E-state index in [9.17, 15) is 14.4 Å². The Bertz CT molecular complexity index is 2380. The Balaban J connectivity index is 1.19. The third-order valence-electron chi connectivity index (χ3n) is 14.9. The van der Waals surface area contributed by atoms with Crippen LogP contribution in [0.1, 0.15) is 186 Å². The predicted octanol–water partition coefficient (Wildman–Crippen LogP) is 11.2. The van der Waals surface area contributed by atoms with Gasteiger partial charge in [-0.05, 0) is 104 Å². The zero-order valence-electron chi connectivity index (χ0n) is 41.0. The summed E-state index contributed by atoms with van der Waals surface area (Å²) in [5, 5.41) is 5.68. The average molecular weight is 875 g/mol. The maximum absolute atomic E-state index is 14.4. The number of allylic oxidation sites excluding steroid dienone is 2. The van der Waals surface area contributed by atoms with Crippen LogP contribution in [0.3, 0.4) is 0 Å². The number of carbonyl (C=O) groups excluding carboxylic acids is 3. The standard InChI is InChI=1S/C55H78N4O5/c1-13-39-35(8)42-28-44-37(10)41(24-25-48(60)64-27-26-34(7)23-17-22-33(6)21-16-20-32(5)19-15-18-31(3)4)52(58-44)50-51(55(62)63-12)54(61)49-38(11)45(59-53(49)50)30-47-40(14-2)36(9)43(57-47)29-46(39)56-42/h13,28-34,37,41,51,56-59H,1,14-27H2,2-12H3/b43-29-,44-28-,47-30-,52-50-/t32-,33-,34?,37+,41+,51-/m1/s1. The van der Waals surface area contributed by atoms with Gasteiger partial charge < -0.3 is 29.7 Å². The largest absolute Gasteiger partial charge is 0.468 e. The van der Waals surface area contributed by atoms with Gasteiger partial charge in [0.1, 0.15) is 5.92 Å². The molecular formula is C55H78N4O5. The summed E-state index contributed by atoms with van der Waals surface area (Å²) in [6.07, 6.45) is 22.3. The van der Waals surface area contributed by atoms with E-state index >= 15 is 0 Å². The Labute approximate surface area is 383 Å². The van der Waals surface area contributed by atoms with E-state index in [4.69, 9.17) is 9.47 Å². The van der Waals surface area contributed by atoms with Gasteiger partial charge in [-0.25, -0.2) is 0 Å². The number of carbonyl (C=O) groups is 3. The zero-order chi connectivity index (χ0) is 46.4. The van der Waals surface area contributed by atoms with Gasteiger partial charge in [0, 0.05) is 74.1 Å². The van der Waals surface area contributed by atoms with Gasteiger partial charge in [0.25, 0.3) is 0 Å². The number of H-pyrrole nitrogens is 3. The zero-order valence-corrected chi connectivity index (χ0v) is 41.0. The monoisotopic (exact) mass is 875 g/mol. The molecule has 0 radical (unpaired) electrons. The van der Waals surface area contributed by atoms with Crippen molar-refractivity contribution in [2.75, 3.05) is 13.7 Å². The summed E-state index contributed by atoms with van der Waals surface area (Å²) in [7, 11) is 1.33. The van der Waals surface area contributed by atoms with E-state index in [1.807, 2.05) is 13.0 Å². The van der Waals surface area contributed by atoms with E-state index in [1.54, 1.807) is 0 Å². The fraction of sp³-hybridized carbons (Fsp3) is 0.582. The number of aromatic amines is 3. The van der Waals surface area contributed by atoms with Gasteiger partial charge >= 0.3 is 11.9 Å². The number of esters is 2. The molecule has 1 fully saturated rings. The van der Waals surface area contributed by atoms with Crippen molar-refractivity contribution in [3.05, 3.63) is 84.8 Å². The molecule has 6 atom stereocenters. The van der Waals surface area contributed by atoms with Crippen LogP contribution in [0.2, 0.25) is 0 Å². The van der Waals surface area contributed by atoms with Crippen molar-refractivity contribution in [1.29, 1.82) is 0 Å². The van der Waals surface area contributed by atoms with Gasteiger partial charge in [-0.2, -0.15) is 0 Å². The molecule has 9 nitrogen and oxygen atoms in total. The van der Waals surface area contributed by atoms with Gasteiger partial charge in [-0.1, -0.05) is 119 Å². The third-order valence-corrected chi connectivity index (χ3v) is 14.9. The Kier molecular flexibility index (Phi) is 16.3. The molecule has 0 saturated carbocycles. The summed E-state index contributed by atoms with van der Waals surface area (Å²) < 4.78 is 11.2. The minimum Gasteiger partial charge on any atom is -0.468 e. The third kappa shape index (κ3) is 10.7. The number of ether oxygens (including phenoxy) is 2. The van der Waals surface area contributed by atoms with E-state index < -0.39 is 11.9 Å². The van der Waals surface area contributed by atoms with E-state index in [0.29, 0.717) is 35.8 Å². The fourth-order valence-corrected chi connectivity index (χ4v) is 10.7. The second-order valence-electron chi connectivity index (χ2n) is 20.1. The number of aromatic nitrogens is 3. The summed E-state index contributed by atoms with van der Waals surface area (Å²) >= 11 is 0. The molecule has 1 unspecified atom stereocenters. The van der Waals surface area contributed by atoms with Gasteiger partial charge in [0.05, 0.1) is 19.4 Å². The molecule has 8 bridgehead atoms. The van der Waals surface area contributed by atoms with Crippen LogP contribution >= 0.6 is 0 Å². The van der Waals surface area contributed by atoms with Crippen LogP contribution in [0.5, 0.6) is 0 Å². The highest BCUT2D eigenvalue weighted by atomic mass is 16.5. The van der Waals surface area contributed by atoms with E-state index in [0.717, 1.165) is 98.4 Å². The van der Waals surface area contributed by atoms with E-state index in [2.05, 4.69) is 107 Å². The molecule has 348 valence electrons. The normalized spacial score (nSPS) is 22.2. The average Bonchev–Trinajstić information content (AvgIpc) is 3.99. The number of ketones is 1. The molecule has 1 saturated heterocycles. The fourth-order valence-electron chi connectivity index (χ4n) is 10.7. The molecule has 0 aromatic carbocycles. The molecule has 3 aliphatic rings. The molecule has 6 rings (SSSR count). The molecule has 3 aromatic heterocycles. The van der Waals surface area contributed by atoms with Gasteiger partial charge in [0.15, 0.2) is 5.78 Å². The molecular weight excluding hydrogens is 797 g/mol. The lowest BCUT2D eigenvalue weighted by molar-refractivity contribution is -0.144. The summed E-state index contributed by atoms with van der Waals surface area (Å²) in [6.45, 7) is 26.8. The SMILES string of the molecule is C=Cc1c2[nH]c(c1C)/C=C1\N/C(=C3\c4[nH]c(c(C)c4C(=O)[C@@H]3C(=O)OC)/C=c3\[nH]/c(c(C)c3CC)=C\2)[C@@H](CCC(=O)OCCC(C)CCC[C@H](C)CCC[C@H](C)CCCC(C)C)[C@@H]1C. The van der Waals surface area contributed by atoms with Crippen LogP contribution in [-0.2, 0) is 25.5 Å². The summed E-state index contributed by atoms with van der Waals surface area (Å²) in [5.41, 5.74) is 11.3. The summed E-state index contributed by atoms with van der Waals surface area (Å²) in [4.78, 5) is 52.5. The number of hydrogen-bond donors (Lipinski definition) is 4. The minimum atomic E-state index is -1.13. The summed E-state index contributed by atoms with van der Waals surface area (Å²) in [5.74, 6) is 0.342. The van der Waals surface area contributed by atoms with Crippen LogP contribution in [0.25, 0.3) is 29.9 Å².